The van der Waals surface area contributed by atoms with Crippen molar-refractivity contribution in [3.8, 4) is 5.75 Å². The predicted molar refractivity (Wildman–Crippen MR) is 127 cm³/mol. The summed E-state index contributed by atoms with van der Waals surface area (Å²) < 4.78 is 31.4. The maximum Gasteiger partial charge on any atom is 0.255 e. The Kier molecular flexibility index (Phi) is 8.71. The first-order valence-electron chi connectivity index (χ1n) is 10.7. The number of hydrogen-bond donors (Lipinski definition) is 2. The SMILES string of the molecule is CS(=O)(=O)N1CCCCNC(=O)c2cc(Cl)ccc2OC[C@H](Cc2ccccc2)NC(=O)C1. The number of amides is 2. The standard InChI is InChI=1S/C23H28ClN3O5S/c1-33(30,31)27-12-6-5-11-25-23(29)20-14-18(24)9-10-21(20)32-16-19(26-22(28)15-27)13-17-7-3-2-4-8-17/h2-4,7-10,14,19H,5-6,11-13,15-16H2,1H3,(H,25,29)(H,26,28)/t19-/m0/s1. The van der Waals surface area contributed by atoms with Gasteiger partial charge in [-0.3, -0.25) is 9.59 Å². The van der Waals surface area contributed by atoms with Crippen LogP contribution in [0, 0.1) is 0 Å². The smallest absolute Gasteiger partial charge is 0.255 e. The molecule has 2 N–H and O–H groups in total. The van der Waals surface area contributed by atoms with E-state index >= 15 is 0 Å². The zero-order chi connectivity index (χ0) is 23.8. The first kappa shape index (κ1) is 25.0. The van der Waals surface area contributed by atoms with Crippen molar-refractivity contribution in [1.29, 1.82) is 0 Å². The van der Waals surface area contributed by atoms with E-state index in [-0.39, 0.29) is 25.6 Å². The Balaban J connectivity index is 1.87. The molecule has 0 aliphatic carbocycles. The number of ether oxygens (including phenoxy) is 1. The van der Waals surface area contributed by atoms with Crippen LogP contribution in [0.15, 0.2) is 48.5 Å². The second-order valence-electron chi connectivity index (χ2n) is 7.97. The molecule has 0 bridgehead atoms. The lowest BCUT2D eigenvalue weighted by molar-refractivity contribution is -0.122. The molecular weight excluding hydrogens is 466 g/mol. The molecule has 0 saturated carbocycles. The minimum Gasteiger partial charge on any atom is -0.491 e. The summed E-state index contributed by atoms with van der Waals surface area (Å²) in [6, 6.07) is 13.9. The van der Waals surface area contributed by atoms with Crippen LogP contribution in [0.4, 0.5) is 0 Å². The van der Waals surface area contributed by atoms with Gasteiger partial charge in [0, 0.05) is 18.1 Å². The molecule has 1 aliphatic rings. The molecule has 33 heavy (non-hydrogen) atoms. The quantitative estimate of drug-likeness (QED) is 0.682. The Morgan fingerprint density at radius 1 is 1.12 bits per heavy atom. The number of carbonyl (C=O) groups is 2. The highest BCUT2D eigenvalue weighted by Crippen LogP contribution is 2.23. The molecule has 10 heteroatoms. The molecule has 0 fully saturated rings. The summed E-state index contributed by atoms with van der Waals surface area (Å²) in [5, 5.41) is 6.12. The largest absolute Gasteiger partial charge is 0.491 e. The number of nitrogens with zero attached hydrogens (tertiary/aromatic N) is 1. The molecule has 1 atom stereocenters. The van der Waals surface area contributed by atoms with Crippen LogP contribution >= 0.6 is 11.6 Å². The van der Waals surface area contributed by atoms with Crippen molar-refractivity contribution in [2.75, 3.05) is 32.5 Å². The lowest BCUT2D eigenvalue weighted by Gasteiger charge is -2.23. The van der Waals surface area contributed by atoms with Crippen LogP contribution in [0.25, 0.3) is 0 Å². The fourth-order valence-electron chi connectivity index (χ4n) is 3.55. The highest BCUT2D eigenvalue weighted by molar-refractivity contribution is 7.88. The highest BCUT2D eigenvalue weighted by atomic mass is 35.5. The van der Waals surface area contributed by atoms with E-state index in [1.807, 2.05) is 30.3 Å². The molecule has 178 valence electrons. The zero-order valence-corrected chi connectivity index (χ0v) is 20.0. The molecular formula is C23H28ClN3O5S. The van der Waals surface area contributed by atoms with Gasteiger partial charge in [-0.25, -0.2) is 8.42 Å². The molecule has 1 heterocycles. The van der Waals surface area contributed by atoms with Gasteiger partial charge in [-0.1, -0.05) is 41.9 Å². The molecule has 1 aliphatic heterocycles. The summed E-state index contributed by atoms with van der Waals surface area (Å²) in [5.41, 5.74) is 1.29. The maximum absolute atomic E-state index is 12.8. The predicted octanol–water partition coefficient (Wildman–Crippen LogP) is 2.23. The topological polar surface area (TPSA) is 105 Å². The Morgan fingerprint density at radius 2 is 1.88 bits per heavy atom. The molecule has 2 amide bonds. The monoisotopic (exact) mass is 493 g/mol. The van der Waals surface area contributed by atoms with E-state index in [1.165, 1.54) is 0 Å². The van der Waals surface area contributed by atoms with Gasteiger partial charge in [0.1, 0.15) is 12.4 Å². The molecule has 2 aromatic carbocycles. The summed E-state index contributed by atoms with van der Waals surface area (Å²) in [6.07, 6.45) is 2.60. The number of carbonyl (C=O) groups excluding carboxylic acids is 2. The molecule has 0 saturated heterocycles. The third-order valence-electron chi connectivity index (χ3n) is 5.23. The van der Waals surface area contributed by atoms with Crippen molar-refractivity contribution in [1.82, 2.24) is 14.9 Å². The van der Waals surface area contributed by atoms with Gasteiger partial charge >= 0.3 is 0 Å². The van der Waals surface area contributed by atoms with Crippen molar-refractivity contribution in [2.45, 2.75) is 25.3 Å². The normalized spacial score (nSPS) is 19.3. The van der Waals surface area contributed by atoms with Crippen LogP contribution in [0.2, 0.25) is 5.02 Å². The van der Waals surface area contributed by atoms with Crippen LogP contribution in [-0.4, -0.2) is 63.1 Å². The number of fused-ring (bicyclic) bond motifs is 1. The fourth-order valence-corrected chi connectivity index (χ4v) is 4.54. The number of hydrogen-bond acceptors (Lipinski definition) is 5. The van der Waals surface area contributed by atoms with E-state index in [0.717, 1.165) is 16.1 Å². The van der Waals surface area contributed by atoms with Gasteiger partial charge in [-0.15, -0.1) is 0 Å². The van der Waals surface area contributed by atoms with Gasteiger partial charge < -0.3 is 15.4 Å². The van der Waals surface area contributed by atoms with E-state index in [0.29, 0.717) is 42.1 Å². The third-order valence-corrected chi connectivity index (χ3v) is 6.71. The van der Waals surface area contributed by atoms with Crippen molar-refractivity contribution in [3.63, 3.8) is 0 Å². The van der Waals surface area contributed by atoms with Crippen LogP contribution in [0.5, 0.6) is 5.75 Å². The molecule has 3 rings (SSSR count). The number of benzene rings is 2. The van der Waals surface area contributed by atoms with E-state index < -0.39 is 22.0 Å². The Labute approximate surface area is 199 Å². The van der Waals surface area contributed by atoms with Crippen LogP contribution in [0.1, 0.15) is 28.8 Å². The summed E-state index contributed by atoms with van der Waals surface area (Å²) in [5.74, 6) is -0.381. The fraction of sp³-hybridized carbons (Fsp3) is 0.391. The average Bonchev–Trinajstić information content (AvgIpc) is 2.76. The van der Waals surface area contributed by atoms with Gasteiger partial charge in [0.05, 0.1) is 24.4 Å². The number of nitrogens with one attached hydrogen (secondary N) is 2. The molecule has 0 radical (unpaired) electrons. The number of rotatable bonds is 3. The van der Waals surface area contributed by atoms with Gasteiger partial charge in [0.2, 0.25) is 15.9 Å². The first-order chi connectivity index (χ1) is 15.7. The Hall–Kier alpha value is -2.62. The summed E-state index contributed by atoms with van der Waals surface area (Å²) in [7, 11) is -3.57. The zero-order valence-electron chi connectivity index (χ0n) is 18.4. The number of halogens is 1. The summed E-state index contributed by atoms with van der Waals surface area (Å²) in [6.45, 7) is 0.347. The molecule has 2 aromatic rings. The third kappa shape index (κ3) is 7.73. The van der Waals surface area contributed by atoms with E-state index in [9.17, 15) is 18.0 Å². The highest BCUT2D eigenvalue weighted by Gasteiger charge is 2.23. The van der Waals surface area contributed by atoms with Gasteiger partial charge in [-0.2, -0.15) is 4.31 Å². The first-order valence-corrected chi connectivity index (χ1v) is 12.9. The lowest BCUT2D eigenvalue weighted by Crippen LogP contribution is -2.47. The lowest BCUT2D eigenvalue weighted by atomic mass is 10.1. The van der Waals surface area contributed by atoms with Crippen molar-refractivity contribution >= 4 is 33.4 Å². The van der Waals surface area contributed by atoms with E-state index in [2.05, 4.69) is 10.6 Å². The van der Waals surface area contributed by atoms with Crippen molar-refractivity contribution in [3.05, 3.63) is 64.7 Å². The second-order valence-corrected chi connectivity index (χ2v) is 10.4. The van der Waals surface area contributed by atoms with Crippen molar-refractivity contribution < 1.29 is 22.7 Å². The second kappa shape index (κ2) is 11.5. The van der Waals surface area contributed by atoms with Crippen LogP contribution in [-0.2, 0) is 21.2 Å². The van der Waals surface area contributed by atoms with Gasteiger partial charge in [-0.05, 0) is 43.0 Å². The Bertz CT molecular complexity index is 1080. The summed E-state index contributed by atoms with van der Waals surface area (Å²) >= 11 is 6.10. The van der Waals surface area contributed by atoms with E-state index in [1.54, 1.807) is 18.2 Å². The minimum absolute atomic E-state index is 0.0847. The van der Waals surface area contributed by atoms with Crippen LogP contribution < -0.4 is 15.4 Å². The Morgan fingerprint density at radius 3 is 2.61 bits per heavy atom. The molecule has 8 nitrogen and oxygen atoms in total. The van der Waals surface area contributed by atoms with Gasteiger partial charge in [0.25, 0.3) is 5.91 Å². The van der Waals surface area contributed by atoms with Crippen LogP contribution in [0.3, 0.4) is 0 Å². The number of sulfonamides is 1. The summed E-state index contributed by atoms with van der Waals surface area (Å²) in [4.78, 5) is 25.5. The van der Waals surface area contributed by atoms with Crippen molar-refractivity contribution in [2.24, 2.45) is 0 Å². The maximum atomic E-state index is 12.8. The van der Waals surface area contributed by atoms with E-state index in [4.69, 9.17) is 16.3 Å². The van der Waals surface area contributed by atoms with Gasteiger partial charge in [0.15, 0.2) is 0 Å². The molecule has 0 unspecified atom stereocenters. The molecule has 0 aromatic heterocycles. The minimum atomic E-state index is -3.57. The average molecular weight is 494 g/mol. The molecule has 0 spiro atoms.